The number of benzene rings is 2. The van der Waals surface area contributed by atoms with Crippen LogP contribution in [-0.2, 0) is 76.8 Å². The third kappa shape index (κ3) is 11.7. The van der Waals surface area contributed by atoms with Crippen LogP contribution >= 0.6 is 0 Å². The number of carbonyl (C=O) groups is 10. The molecule has 2 aromatic carbocycles. The first-order chi connectivity index (χ1) is 36.4. The van der Waals surface area contributed by atoms with E-state index in [0.717, 1.165) is 43.6 Å². The molecule has 5 aliphatic rings. The molecular formula is C54H61N9O13. The van der Waals surface area contributed by atoms with Gasteiger partial charge in [-0.15, -0.1) is 0 Å². The molecule has 7 N–H and O–H groups in total. The van der Waals surface area contributed by atoms with Gasteiger partial charge in [-0.1, -0.05) is 50.6 Å². The predicted octanol–water partition coefficient (Wildman–Crippen LogP) is 0.544. The second kappa shape index (κ2) is 23.2. The lowest BCUT2D eigenvalue weighted by Gasteiger charge is -2.36. The van der Waals surface area contributed by atoms with Gasteiger partial charge in [0.05, 0.1) is 54.7 Å². The van der Waals surface area contributed by atoms with Crippen LogP contribution in [0.15, 0.2) is 65.8 Å². The first-order valence-corrected chi connectivity index (χ1v) is 25.3. The van der Waals surface area contributed by atoms with Crippen molar-refractivity contribution in [3.63, 3.8) is 0 Å². The lowest BCUT2D eigenvalue weighted by Crippen LogP contribution is -2.52. The van der Waals surface area contributed by atoms with Crippen LogP contribution in [0.25, 0.3) is 16.6 Å². The van der Waals surface area contributed by atoms with E-state index in [2.05, 4.69) is 38.8 Å². The second-order valence-corrected chi connectivity index (χ2v) is 19.5. The summed E-state index contributed by atoms with van der Waals surface area (Å²) in [5.41, 5.74) is 6.15. The number of amides is 8. The number of aliphatic hydroxyl groups is 1. The van der Waals surface area contributed by atoms with Crippen LogP contribution < -0.4 is 31.9 Å². The zero-order valence-electron chi connectivity index (χ0n) is 42.7. The minimum Gasteiger partial charge on any atom is -0.387 e. The highest BCUT2D eigenvalue weighted by Crippen LogP contribution is 2.48. The molecule has 3 aromatic rings. The Morgan fingerprint density at radius 1 is 0.868 bits per heavy atom. The van der Waals surface area contributed by atoms with Gasteiger partial charge in [-0.25, -0.2) is 14.6 Å². The molecule has 0 spiro atoms. The number of esters is 2. The summed E-state index contributed by atoms with van der Waals surface area (Å²) in [5.74, 6) is -6.53. The largest absolute Gasteiger partial charge is 0.387 e. The Hall–Kier alpha value is -8.11. The lowest BCUT2D eigenvalue weighted by atomic mass is 9.80. The number of nitrogens with one attached hydrogen (secondary N) is 6. The van der Waals surface area contributed by atoms with Crippen molar-refractivity contribution >= 4 is 75.8 Å². The Morgan fingerprint density at radius 3 is 2.29 bits per heavy atom. The van der Waals surface area contributed by atoms with Crippen molar-refractivity contribution in [3.05, 3.63) is 105 Å². The van der Waals surface area contributed by atoms with E-state index in [1.165, 1.54) is 12.2 Å². The molecule has 1 unspecified atom stereocenters. The molecule has 22 nitrogen and oxygen atoms in total. The number of aromatic nitrogens is 1. The van der Waals surface area contributed by atoms with E-state index in [4.69, 9.17) is 14.5 Å². The molecule has 0 radical (unpaired) electrons. The van der Waals surface area contributed by atoms with Gasteiger partial charge in [0.25, 0.3) is 11.8 Å². The number of carbonyl (C=O) groups excluding carboxylic acids is 10. The van der Waals surface area contributed by atoms with E-state index < -0.39 is 91.3 Å². The van der Waals surface area contributed by atoms with Crippen molar-refractivity contribution in [1.82, 2.24) is 46.7 Å². The molecule has 4 aliphatic heterocycles. The first kappa shape index (κ1) is 54.2. The molecule has 22 heteroatoms. The minimum atomic E-state index is -1.99. The average Bonchev–Trinajstić information content (AvgIpc) is 4.01. The smallest absolute Gasteiger partial charge is 0.350 e. The molecule has 0 bridgehead atoms. The van der Waals surface area contributed by atoms with Gasteiger partial charge in [-0.05, 0) is 85.9 Å². The fraction of sp³-hybridized carbons (Fsp3) is 0.426. The van der Waals surface area contributed by atoms with Crippen molar-refractivity contribution in [3.8, 4) is 0 Å². The van der Waals surface area contributed by atoms with Gasteiger partial charge >= 0.3 is 11.9 Å². The molecule has 400 valence electrons. The molecular weight excluding hydrogens is 983 g/mol. The molecule has 76 heavy (non-hydrogen) atoms. The summed E-state index contributed by atoms with van der Waals surface area (Å²) in [5, 5.41) is 28.0. The third-order valence-corrected chi connectivity index (χ3v) is 14.5. The maximum atomic E-state index is 13.5. The Labute approximate surface area is 437 Å². The highest BCUT2D eigenvalue weighted by Gasteiger charge is 2.50. The Morgan fingerprint density at radius 2 is 1.57 bits per heavy atom. The van der Waals surface area contributed by atoms with Crippen LogP contribution in [-0.4, -0.2) is 137 Å². The maximum Gasteiger partial charge on any atom is 0.350 e. The molecule has 8 amide bonds. The van der Waals surface area contributed by atoms with Gasteiger partial charge in [0.15, 0.2) is 5.60 Å². The normalized spacial score (nSPS) is 19.0. The van der Waals surface area contributed by atoms with Gasteiger partial charge in [-0.2, -0.15) is 0 Å². The summed E-state index contributed by atoms with van der Waals surface area (Å²) in [6, 6.07) is 9.22. The van der Waals surface area contributed by atoms with Gasteiger partial charge in [0, 0.05) is 54.1 Å². The monoisotopic (exact) mass is 1040 g/mol. The number of ether oxygens (including phenoxy) is 2. The predicted molar refractivity (Wildman–Crippen MR) is 271 cm³/mol. The number of unbranched alkanes of at least 4 members (excludes halogenated alkanes) is 1. The van der Waals surface area contributed by atoms with E-state index in [-0.39, 0.29) is 61.5 Å². The van der Waals surface area contributed by atoms with Crippen LogP contribution in [0.2, 0.25) is 0 Å². The fourth-order valence-corrected chi connectivity index (χ4v) is 10.2. The van der Waals surface area contributed by atoms with Crippen LogP contribution in [0, 0.1) is 19.8 Å². The van der Waals surface area contributed by atoms with E-state index in [9.17, 15) is 53.1 Å². The SMILES string of the molecule is CC[C@@]1(O)C(=O)OC(=O)C2=C1C=C1c3nc4cc(C)c(C)c5c4c(c3CN1C2)[C@@H](NC(=O)COCNC(=O)CNC(=O)[C@H](Cc1ccccc1)NC(=O)CNC(=O)CNC(=O)C(C)CCCCN1C(=O)C=CC1=O)CC5. The topological polar surface area (TPSA) is 301 Å². The van der Waals surface area contributed by atoms with Gasteiger partial charge in [0.2, 0.25) is 35.4 Å². The molecule has 0 saturated carbocycles. The average molecular weight is 1040 g/mol. The van der Waals surface area contributed by atoms with Crippen molar-refractivity contribution in [2.24, 2.45) is 5.92 Å². The first-order valence-electron chi connectivity index (χ1n) is 25.3. The molecule has 0 fully saturated rings. The molecule has 8 rings (SSSR count). The maximum absolute atomic E-state index is 13.5. The summed E-state index contributed by atoms with van der Waals surface area (Å²) in [6.45, 7) is 5.89. The highest BCUT2D eigenvalue weighted by atomic mass is 16.6. The number of cyclic esters (lactones) is 2. The molecule has 1 aliphatic carbocycles. The van der Waals surface area contributed by atoms with Gasteiger partial charge in [-0.3, -0.25) is 43.3 Å². The summed E-state index contributed by atoms with van der Waals surface area (Å²) in [6.07, 6.45) is 6.90. The number of fused-ring (bicyclic) bond motifs is 4. The van der Waals surface area contributed by atoms with Gasteiger partial charge < -0.3 is 51.4 Å². The van der Waals surface area contributed by atoms with E-state index in [1.54, 1.807) is 50.3 Å². The van der Waals surface area contributed by atoms with E-state index in [1.807, 2.05) is 17.9 Å². The Bertz CT molecular complexity index is 3010. The summed E-state index contributed by atoms with van der Waals surface area (Å²) >= 11 is 0. The van der Waals surface area contributed by atoms with Crippen LogP contribution in [0.5, 0.6) is 0 Å². The summed E-state index contributed by atoms with van der Waals surface area (Å²) in [4.78, 5) is 135. The van der Waals surface area contributed by atoms with Crippen molar-refractivity contribution < 1.29 is 62.5 Å². The minimum absolute atomic E-state index is 0.00107. The third-order valence-electron chi connectivity index (χ3n) is 14.5. The Balaban J connectivity index is 0.802. The zero-order chi connectivity index (χ0) is 54.4. The molecule has 0 saturated heterocycles. The van der Waals surface area contributed by atoms with Gasteiger partial charge in [0.1, 0.15) is 19.4 Å². The number of hydrogen-bond acceptors (Lipinski definition) is 15. The lowest BCUT2D eigenvalue weighted by molar-refractivity contribution is -0.172. The summed E-state index contributed by atoms with van der Waals surface area (Å²) < 4.78 is 10.5. The number of hydrogen-bond donors (Lipinski definition) is 7. The standard InChI is InChI=1S/C54H61N9O13/c1-5-54(74)36-21-40-49-35(26-62(40)25-34(36)52(72)76-53(54)73)48-37(15-14-33-31(4)30(3)19-38(61-49)47(33)48)59-44(67)27-75-28-58-42(65)23-57-51(71)39(20-32-12-7-6-8-13-32)60-43(66)24-55-41(64)22-56-50(70)29(2)11-9-10-18-63-45(68)16-17-46(63)69/h6-8,12-13,16-17,19,21,29,37,39,74H,5,9-11,14-15,18,20,22-28H2,1-4H3,(H,55,64)(H,56,70)(H,57,71)(H,58,65)(H,59,67)(H,60,66)/t29?,37-,39-,54-/m0/s1. The second-order valence-electron chi connectivity index (χ2n) is 19.5. The van der Waals surface area contributed by atoms with Crippen molar-refractivity contribution in [2.45, 2.75) is 96.9 Å². The van der Waals surface area contributed by atoms with Crippen LogP contribution in [0.3, 0.4) is 0 Å². The number of pyridine rings is 1. The van der Waals surface area contributed by atoms with E-state index >= 15 is 0 Å². The molecule has 5 heterocycles. The fourth-order valence-electron chi connectivity index (χ4n) is 10.2. The number of imide groups is 1. The number of aryl methyl sites for hydroxylation is 2. The van der Waals surface area contributed by atoms with Crippen LogP contribution in [0.1, 0.15) is 91.1 Å². The molecule has 1 aromatic heterocycles. The Kier molecular flexibility index (Phi) is 16.5. The van der Waals surface area contributed by atoms with Crippen molar-refractivity contribution in [1.29, 1.82) is 0 Å². The molecule has 4 atom stereocenters. The highest BCUT2D eigenvalue weighted by molar-refractivity contribution is 6.13. The number of nitrogens with zero attached hydrogens (tertiary/aromatic N) is 3. The van der Waals surface area contributed by atoms with E-state index in [0.29, 0.717) is 55.6 Å². The quantitative estimate of drug-likeness (QED) is 0.0238. The summed E-state index contributed by atoms with van der Waals surface area (Å²) in [7, 11) is 0. The number of rotatable bonds is 22. The van der Waals surface area contributed by atoms with Crippen molar-refractivity contribution in [2.75, 3.05) is 46.1 Å². The zero-order valence-corrected chi connectivity index (χ0v) is 42.7. The van der Waals surface area contributed by atoms with Crippen LogP contribution in [0.4, 0.5) is 0 Å².